The number of hydrogen-bond acceptors (Lipinski definition) is 5. The molecule has 8 heteroatoms. The van der Waals surface area contributed by atoms with Crippen molar-refractivity contribution in [2.75, 3.05) is 20.2 Å². The van der Waals surface area contributed by atoms with Gasteiger partial charge in [0.1, 0.15) is 17.3 Å². The first-order valence-electron chi connectivity index (χ1n) is 10.5. The molecule has 2 aliphatic heterocycles. The summed E-state index contributed by atoms with van der Waals surface area (Å²) in [7, 11) is 1.35. The summed E-state index contributed by atoms with van der Waals surface area (Å²) in [6.45, 7) is 5.90. The van der Waals surface area contributed by atoms with Crippen molar-refractivity contribution in [3.05, 3.63) is 34.2 Å². The first kappa shape index (κ1) is 19.7. The number of fused-ring (bicyclic) bond motifs is 1. The van der Waals surface area contributed by atoms with Crippen LogP contribution in [0.1, 0.15) is 81.8 Å². The highest BCUT2D eigenvalue weighted by Crippen LogP contribution is 2.29. The van der Waals surface area contributed by atoms with Crippen LogP contribution in [0.4, 0.5) is 0 Å². The lowest BCUT2D eigenvalue weighted by Gasteiger charge is -2.32. The molecule has 1 atom stereocenters. The van der Waals surface area contributed by atoms with Gasteiger partial charge in [0.05, 0.1) is 12.7 Å². The van der Waals surface area contributed by atoms with E-state index >= 15 is 0 Å². The van der Waals surface area contributed by atoms with Crippen molar-refractivity contribution < 1.29 is 14.3 Å². The summed E-state index contributed by atoms with van der Waals surface area (Å²) >= 11 is 0. The van der Waals surface area contributed by atoms with Crippen molar-refractivity contribution in [3.63, 3.8) is 0 Å². The van der Waals surface area contributed by atoms with Gasteiger partial charge in [0, 0.05) is 37.7 Å². The molecule has 4 rings (SSSR count). The van der Waals surface area contributed by atoms with Gasteiger partial charge in [0.15, 0.2) is 0 Å². The summed E-state index contributed by atoms with van der Waals surface area (Å²) in [5.74, 6) is 1.82. The van der Waals surface area contributed by atoms with Gasteiger partial charge in [-0.2, -0.15) is 0 Å². The number of aromatic nitrogens is 4. The molecule has 1 amide bonds. The van der Waals surface area contributed by atoms with Crippen LogP contribution in [-0.2, 0) is 17.7 Å². The predicted octanol–water partition coefficient (Wildman–Crippen LogP) is 2.76. The average Bonchev–Trinajstić information content (AvgIpc) is 3.17. The number of piperidine rings is 1. The van der Waals surface area contributed by atoms with Crippen molar-refractivity contribution >= 4 is 11.9 Å². The molecule has 2 aromatic rings. The van der Waals surface area contributed by atoms with Gasteiger partial charge in [0.2, 0.25) is 0 Å². The summed E-state index contributed by atoms with van der Waals surface area (Å²) in [6, 6.07) is 0. The average molecular weight is 399 g/mol. The highest BCUT2D eigenvalue weighted by Gasteiger charge is 2.32. The topological polar surface area (TPSA) is 93.1 Å². The van der Waals surface area contributed by atoms with E-state index in [2.05, 4.69) is 19.7 Å². The van der Waals surface area contributed by atoms with Crippen LogP contribution in [0, 0.1) is 13.8 Å². The van der Waals surface area contributed by atoms with Crippen LogP contribution < -0.4 is 0 Å². The van der Waals surface area contributed by atoms with E-state index in [0.717, 1.165) is 43.9 Å². The van der Waals surface area contributed by atoms with Gasteiger partial charge in [-0.25, -0.2) is 4.79 Å². The number of nitrogens with zero attached hydrogens (tertiary/aromatic N) is 4. The van der Waals surface area contributed by atoms with Crippen molar-refractivity contribution in [1.29, 1.82) is 0 Å². The fourth-order valence-electron chi connectivity index (χ4n) is 4.71. The molecule has 0 saturated carbocycles. The number of nitrogens with one attached hydrogen (secondary N) is 1. The minimum Gasteiger partial charge on any atom is -0.465 e. The van der Waals surface area contributed by atoms with Gasteiger partial charge in [-0.3, -0.25) is 4.79 Å². The summed E-state index contributed by atoms with van der Waals surface area (Å²) in [4.78, 5) is 30.3. The zero-order valence-electron chi connectivity index (χ0n) is 17.5. The van der Waals surface area contributed by atoms with Crippen LogP contribution in [-0.4, -0.2) is 56.7 Å². The number of methoxy groups -OCH3 is 1. The van der Waals surface area contributed by atoms with E-state index in [4.69, 9.17) is 4.74 Å². The molecule has 2 aromatic heterocycles. The molecule has 1 N–H and O–H groups in total. The Morgan fingerprint density at radius 3 is 2.72 bits per heavy atom. The smallest absolute Gasteiger partial charge is 0.339 e. The molecule has 2 aliphatic rings. The van der Waals surface area contributed by atoms with E-state index in [-0.39, 0.29) is 11.8 Å². The molecule has 1 fully saturated rings. The standard InChI is InChI=1S/C21H29N5O3/c1-13-17(21(28)29-3)14(2)22-18(13)20(27)25-10-7-8-15(12-25)19-24-23-16-9-5-4-6-11-26(16)19/h15,22H,4-12H2,1-3H3/t15-/m1/s1. The molecule has 156 valence electrons. The number of likely N-dealkylation sites (tertiary alicyclic amines) is 1. The number of amides is 1. The maximum Gasteiger partial charge on any atom is 0.339 e. The predicted molar refractivity (Wildman–Crippen MR) is 107 cm³/mol. The van der Waals surface area contributed by atoms with Gasteiger partial charge < -0.3 is 19.2 Å². The minimum atomic E-state index is -0.419. The maximum absolute atomic E-state index is 13.3. The summed E-state index contributed by atoms with van der Waals surface area (Å²) < 4.78 is 7.15. The third-order valence-corrected chi connectivity index (χ3v) is 6.25. The molecular formula is C21H29N5O3. The van der Waals surface area contributed by atoms with Crippen LogP contribution in [0.25, 0.3) is 0 Å². The number of esters is 1. The number of carbonyl (C=O) groups excluding carboxylic acids is 2. The Kier molecular flexibility index (Phi) is 5.43. The highest BCUT2D eigenvalue weighted by molar-refractivity contribution is 6.00. The highest BCUT2D eigenvalue weighted by atomic mass is 16.5. The van der Waals surface area contributed by atoms with E-state index < -0.39 is 5.97 Å². The summed E-state index contributed by atoms with van der Waals surface area (Å²) in [5.41, 5.74) is 2.24. The molecule has 1 saturated heterocycles. The molecule has 0 radical (unpaired) electrons. The molecule has 29 heavy (non-hydrogen) atoms. The Hall–Kier alpha value is -2.64. The second-order valence-corrected chi connectivity index (χ2v) is 8.14. The lowest BCUT2D eigenvalue weighted by atomic mass is 9.96. The molecule has 0 aliphatic carbocycles. The van der Waals surface area contributed by atoms with Crippen molar-refractivity contribution in [1.82, 2.24) is 24.6 Å². The number of hydrogen-bond donors (Lipinski definition) is 1. The Morgan fingerprint density at radius 1 is 1.10 bits per heavy atom. The van der Waals surface area contributed by atoms with Crippen LogP contribution in [0.15, 0.2) is 0 Å². The Morgan fingerprint density at radius 2 is 1.93 bits per heavy atom. The number of carbonyl (C=O) groups is 2. The number of aryl methyl sites for hydroxylation is 2. The molecule has 0 spiro atoms. The molecule has 0 bridgehead atoms. The summed E-state index contributed by atoms with van der Waals surface area (Å²) in [5, 5.41) is 8.94. The van der Waals surface area contributed by atoms with Gasteiger partial charge in [0.25, 0.3) is 5.91 Å². The minimum absolute atomic E-state index is 0.0685. The third kappa shape index (κ3) is 3.56. The van der Waals surface area contributed by atoms with Crippen LogP contribution in [0.3, 0.4) is 0 Å². The van der Waals surface area contributed by atoms with Gasteiger partial charge >= 0.3 is 5.97 Å². The van der Waals surface area contributed by atoms with E-state index in [0.29, 0.717) is 35.6 Å². The van der Waals surface area contributed by atoms with Crippen molar-refractivity contribution in [2.24, 2.45) is 0 Å². The number of ether oxygens (including phenoxy) is 1. The number of aromatic amines is 1. The normalized spacial score (nSPS) is 19.6. The SMILES string of the molecule is COC(=O)c1c(C)[nH]c(C(=O)N2CCC[C@@H](c3nnc4n3CCCCC4)C2)c1C. The Balaban J connectivity index is 1.56. The largest absolute Gasteiger partial charge is 0.465 e. The lowest BCUT2D eigenvalue weighted by molar-refractivity contribution is 0.0599. The van der Waals surface area contributed by atoms with Crippen molar-refractivity contribution in [2.45, 2.75) is 64.8 Å². The first-order valence-corrected chi connectivity index (χ1v) is 10.5. The molecular weight excluding hydrogens is 370 g/mol. The Labute approximate surface area is 170 Å². The zero-order chi connectivity index (χ0) is 20.5. The Bertz CT molecular complexity index is 929. The fourth-order valence-corrected chi connectivity index (χ4v) is 4.71. The van der Waals surface area contributed by atoms with Gasteiger partial charge in [-0.15, -0.1) is 10.2 Å². The third-order valence-electron chi connectivity index (χ3n) is 6.25. The van der Waals surface area contributed by atoms with Crippen molar-refractivity contribution in [3.8, 4) is 0 Å². The second kappa shape index (κ2) is 8.00. The van der Waals surface area contributed by atoms with E-state index in [9.17, 15) is 9.59 Å². The van der Waals surface area contributed by atoms with Crippen LogP contribution in [0.5, 0.6) is 0 Å². The van der Waals surface area contributed by atoms with E-state index in [1.807, 2.05) is 4.90 Å². The molecule has 0 aromatic carbocycles. The van der Waals surface area contributed by atoms with Crippen LogP contribution in [0.2, 0.25) is 0 Å². The van der Waals surface area contributed by atoms with Gasteiger partial charge in [-0.1, -0.05) is 6.42 Å². The molecule has 0 unspecified atom stereocenters. The lowest BCUT2D eigenvalue weighted by Crippen LogP contribution is -2.40. The van der Waals surface area contributed by atoms with E-state index in [1.54, 1.807) is 13.8 Å². The number of H-pyrrole nitrogens is 1. The molecule has 4 heterocycles. The molecule has 8 nitrogen and oxygen atoms in total. The van der Waals surface area contributed by atoms with Crippen LogP contribution >= 0.6 is 0 Å². The second-order valence-electron chi connectivity index (χ2n) is 8.14. The number of rotatable bonds is 3. The first-order chi connectivity index (χ1) is 14.0. The zero-order valence-corrected chi connectivity index (χ0v) is 17.5. The van der Waals surface area contributed by atoms with Gasteiger partial charge in [-0.05, 0) is 45.1 Å². The summed E-state index contributed by atoms with van der Waals surface area (Å²) in [6.07, 6.45) is 6.48. The monoisotopic (exact) mass is 399 g/mol. The fraction of sp³-hybridized carbons (Fsp3) is 0.619. The quantitative estimate of drug-likeness (QED) is 0.801. The maximum atomic E-state index is 13.3. The van der Waals surface area contributed by atoms with E-state index in [1.165, 1.54) is 20.0 Å².